The summed E-state index contributed by atoms with van der Waals surface area (Å²) < 4.78 is 5.40. The molecule has 1 unspecified atom stereocenters. The quantitative estimate of drug-likeness (QED) is 0.259. The number of hydrogen-bond acceptors (Lipinski definition) is 6. The van der Waals surface area contributed by atoms with E-state index in [1.807, 2.05) is 11.0 Å². The molecule has 2 saturated heterocycles. The van der Waals surface area contributed by atoms with E-state index in [2.05, 4.69) is 31.2 Å². The molecule has 2 heterocycles. The predicted octanol–water partition coefficient (Wildman–Crippen LogP) is 5.88. The molecular weight excluding hydrogens is 490 g/mol. The predicted molar refractivity (Wildman–Crippen MR) is 151 cm³/mol. The highest BCUT2D eigenvalue weighted by Gasteiger charge is 2.59. The van der Waals surface area contributed by atoms with Crippen molar-refractivity contribution in [1.82, 2.24) is 10.2 Å². The molecule has 5 fully saturated rings. The molecule has 2 aliphatic heterocycles. The van der Waals surface area contributed by atoms with Crippen LogP contribution in [0.4, 0.5) is 4.79 Å². The van der Waals surface area contributed by atoms with Gasteiger partial charge in [-0.2, -0.15) is 0 Å². The van der Waals surface area contributed by atoms with E-state index in [-0.39, 0.29) is 23.0 Å². The van der Waals surface area contributed by atoms with E-state index in [1.54, 1.807) is 0 Å². The number of piperidine rings is 1. The van der Waals surface area contributed by atoms with Crippen LogP contribution in [0.2, 0.25) is 0 Å². The largest absolute Gasteiger partial charge is 0.436 e. The van der Waals surface area contributed by atoms with Crippen molar-refractivity contribution in [3.05, 3.63) is 11.6 Å². The smallest absolute Gasteiger partial charge is 0.377 e. The van der Waals surface area contributed by atoms with Gasteiger partial charge in [-0.1, -0.05) is 31.0 Å². The molecule has 0 aromatic heterocycles. The van der Waals surface area contributed by atoms with Gasteiger partial charge in [-0.25, -0.2) is 4.79 Å². The van der Waals surface area contributed by atoms with Gasteiger partial charge in [-0.3, -0.25) is 14.5 Å². The van der Waals surface area contributed by atoms with Crippen molar-refractivity contribution in [1.29, 1.82) is 0 Å². The lowest BCUT2D eigenvalue weighted by atomic mass is 9.46. The van der Waals surface area contributed by atoms with Crippen molar-refractivity contribution in [3.63, 3.8) is 0 Å². The fourth-order valence-corrected chi connectivity index (χ4v) is 9.76. The Bertz CT molecular complexity index is 1010. The molecule has 0 aromatic carbocycles. The number of fused-ring (bicyclic) bond motifs is 5. The second-order valence-corrected chi connectivity index (χ2v) is 14.1. The zero-order valence-electron chi connectivity index (χ0n) is 24.4. The van der Waals surface area contributed by atoms with Crippen LogP contribution in [0, 0.1) is 34.5 Å². The zero-order valence-corrected chi connectivity index (χ0v) is 24.4. The third kappa shape index (κ3) is 5.00. The minimum atomic E-state index is -0.326. The van der Waals surface area contributed by atoms with E-state index in [0.29, 0.717) is 55.8 Å². The lowest BCUT2D eigenvalue weighted by Crippen LogP contribution is -2.53. The molecule has 7 heteroatoms. The van der Waals surface area contributed by atoms with Gasteiger partial charge < -0.3 is 10.1 Å². The zero-order chi connectivity index (χ0) is 27.2. The molecule has 7 nitrogen and oxygen atoms in total. The number of hydrogen-bond donors (Lipinski definition) is 1. The Labute approximate surface area is 234 Å². The van der Waals surface area contributed by atoms with Gasteiger partial charge in [0.25, 0.3) is 0 Å². The maximum absolute atomic E-state index is 13.2. The number of oxime groups is 1. The Balaban J connectivity index is 1.10. The van der Waals surface area contributed by atoms with Crippen LogP contribution in [0.1, 0.15) is 97.8 Å². The van der Waals surface area contributed by atoms with Crippen molar-refractivity contribution in [2.45, 2.75) is 110 Å². The SMILES string of the molecule is C/C(=N\OC(=O)N(CCC1CCCCN1)C1COC1)[C@H]1CC[C@H]2[C@@H]3CCC4=CC(=O)CC[C@]4(C)[C@H]3CC[C@]12C. The van der Waals surface area contributed by atoms with Crippen LogP contribution in [-0.2, 0) is 14.4 Å². The lowest BCUT2D eigenvalue weighted by Gasteiger charge is -2.58. The number of nitrogens with zero attached hydrogens (tertiary/aromatic N) is 2. The summed E-state index contributed by atoms with van der Waals surface area (Å²) >= 11 is 0. The standard InChI is InChI=1S/C32H49N3O4/c1-21(34-39-30(37)35(24-19-38-20-24)17-13-23-6-4-5-16-33-23)27-9-10-28-26-8-7-22-18-25(36)11-14-31(22,2)29(26)12-15-32(27,28)3/h18,23-24,26-29,33H,4-17,19-20H2,1-3H3/b34-21+/t23?,26-,27+,28-,29-,31-,32+/m0/s1. The molecule has 39 heavy (non-hydrogen) atoms. The van der Waals surface area contributed by atoms with Gasteiger partial charge in [0.15, 0.2) is 5.78 Å². The van der Waals surface area contributed by atoms with Gasteiger partial charge >= 0.3 is 6.09 Å². The molecule has 1 amide bonds. The Kier molecular flexibility index (Phi) is 7.69. The molecule has 3 saturated carbocycles. The van der Waals surface area contributed by atoms with Crippen molar-refractivity contribution >= 4 is 17.6 Å². The van der Waals surface area contributed by atoms with E-state index in [4.69, 9.17) is 9.57 Å². The van der Waals surface area contributed by atoms with E-state index in [0.717, 1.165) is 43.9 Å². The first-order valence-electron chi connectivity index (χ1n) is 15.9. The first kappa shape index (κ1) is 27.4. The average molecular weight is 540 g/mol. The molecule has 216 valence electrons. The van der Waals surface area contributed by atoms with E-state index < -0.39 is 0 Å². The third-order valence-electron chi connectivity index (χ3n) is 12.2. The van der Waals surface area contributed by atoms with E-state index >= 15 is 0 Å². The molecule has 0 radical (unpaired) electrons. The van der Waals surface area contributed by atoms with Gasteiger partial charge in [0, 0.05) is 24.9 Å². The monoisotopic (exact) mass is 539 g/mol. The van der Waals surface area contributed by atoms with Crippen LogP contribution >= 0.6 is 0 Å². The summed E-state index contributed by atoms with van der Waals surface area (Å²) in [5.74, 6) is 2.79. The highest BCUT2D eigenvalue weighted by molar-refractivity contribution is 5.91. The van der Waals surface area contributed by atoms with Crippen LogP contribution in [0.25, 0.3) is 0 Å². The normalized spacial score (nSPS) is 40.6. The first-order chi connectivity index (χ1) is 18.8. The molecule has 7 atom stereocenters. The van der Waals surface area contributed by atoms with Gasteiger partial charge in [0.2, 0.25) is 0 Å². The Morgan fingerprint density at radius 3 is 2.69 bits per heavy atom. The maximum Gasteiger partial charge on any atom is 0.436 e. The lowest BCUT2D eigenvalue weighted by molar-refractivity contribution is -0.117. The molecule has 6 aliphatic rings. The topological polar surface area (TPSA) is 80.2 Å². The van der Waals surface area contributed by atoms with Crippen LogP contribution in [0.5, 0.6) is 0 Å². The van der Waals surface area contributed by atoms with E-state index in [9.17, 15) is 9.59 Å². The van der Waals surface area contributed by atoms with Crippen molar-refractivity contribution < 1.29 is 19.2 Å². The van der Waals surface area contributed by atoms with Crippen molar-refractivity contribution in [2.75, 3.05) is 26.3 Å². The number of carbonyl (C=O) groups excluding carboxylic acids is 2. The first-order valence-corrected chi connectivity index (χ1v) is 15.9. The fraction of sp³-hybridized carbons (Fsp3) is 0.844. The summed E-state index contributed by atoms with van der Waals surface area (Å²) in [4.78, 5) is 32.9. The summed E-state index contributed by atoms with van der Waals surface area (Å²) in [6.07, 6.45) is 15.1. The fourth-order valence-electron chi connectivity index (χ4n) is 9.76. The minimum Gasteiger partial charge on any atom is -0.377 e. The van der Waals surface area contributed by atoms with Gasteiger partial charge in [0.1, 0.15) is 0 Å². The molecule has 0 aromatic rings. The number of nitrogens with one attached hydrogen (secondary N) is 1. The number of allylic oxidation sites excluding steroid dienone is 1. The highest BCUT2D eigenvalue weighted by Crippen LogP contribution is 2.66. The second-order valence-electron chi connectivity index (χ2n) is 14.1. The average Bonchev–Trinajstić information content (AvgIpc) is 3.26. The van der Waals surface area contributed by atoms with Crippen molar-refractivity contribution in [2.24, 2.45) is 39.7 Å². The highest BCUT2D eigenvalue weighted by atomic mass is 16.7. The summed E-state index contributed by atoms with van der Waals surface area (Å²) in [6, 6.07) is 0.579. The molecule has 0 bridgehead atoms. The second kappa shape index (κ2) is 10.9. The number of rotatable bonds is 6. The third-order valence-corrected chi connectivity index (χ3v) is 12.2. The summed E-state index contributed by atoms with van der Waals surface area (Å²) in [5.41, 5.74) is 2.83. The summed E-state index contributed by atoms with van der Waals surface area (Å²) in [7, 11) is 0. The van der Waals surface area contributed by atoms with Crippen LogP contribution in [-0.4, -0.2) is 60.9 Å². The molecule has 0 spiro atoms. The number of ketones is 1. The van der Waals surface area contributed by atoms with Crippen molar-refractivity contribution in [3.8, 4) is 0 Å². The van der Waals surface area contributed by atoms with Gasteiger partial charge in [0.05, 0.1) is 25.0 Å². The van der Waals surface area contributed by atoms with Gasteiger partial charge in [-0.15, -0.1) is 0 Å². The molecule has 6 rings (SSSR count). The number of amides is 1. The Morgan fingerprint density at radius 2 is 1.95 bits per heavy atom. The summed E-state index contributed by atoms with van der Waals surface area (Å²) in [6.45, 7) is 9.95. The Hall–Kier alpha value is -1.73. The van der Waals surface area contributed by atoms with E-state index in [1.165, 1.54) is 50.5 Å². The molecular formula is C32H49N3O4. The Morgan fingerprint density at radius 1 is 1.10 bits per heavy atom. The number of carbonyl (C=O) groups is 2. The minimum absolute atomic E-state index is 0.0990. The number of ether oxygens (including phenoxy) is 1. The molecule has 1 N–H and O–H groups in total. The summed E-state index contributed by atoms with van der Waals surface area (Å²) in [5, 5.41) is 8.10. The maximum atomic E-state index is 13.2. The van der Waals surface area contributed by atoms with Crippen LogP contribution in [0.3, 0.4) is 0 Å². The van der Waals surface area contributed by atoms with Crippen LogP contribution in [0.15, 0.2) is 16.8 Å². The van der Waals surface area contributed by atoms with Gasteiger partial charge in [-0.05, 0) is 112 Å². The van der Waals surface area contributed by atoms with Crippen LogP contribution < -0.4 is 5.32 Å². The molecule has 4 aliphatic carbocycles.